The third-order valence-corrected chi connectivity index (χ3v) is 1.45. The minimum Gasteiger partial charge on any atom is -0.373 e. The number of hydrogen-bond donors (Lipinski definition) is 1. The van der Waals surface area contributed by atoms with E-state index in [2.05, 4.69) is 10.1 Å². The Balaban J connectivity index is 2.40. The van der Waals surface area contributed by atoms with Gasteiger partial charge in [0.15, 0.2) is 5.82 Å². The first-order valence-electron chi connectivity index (χ1n) is 4.39. The van der Waals surface area contributed by atoms with Gasteiger partial charge in [0.2, 0.25) is 5.89 Å². The molecular weight excluding hydrogens is 170 g/mol. The van der Waals surface area contributed by atoms with Crippen molar-refractivity contribution < 1.29 is 9.26 Å². The van der Waals surface area contributed by atoms with Crippen molar-refractivity contribution >= 4 is 0 Å². The van der Waals surface area contributed by atoms with E-state index in [4.69, 9.17) is 15.0 Å². The Bertz CT molecular complexity index is 247. The topological polar surface area (TPSA) is 74.2 Å². The van der Waals surface area contributed by atoms with E-state index in [1.165, 1.54) is 0 Å². The molecule has 0 bridgehead atoms. The van der Waals surface area contributed by atoms with Gasteiger partial charge in [0.05, 0.1) is 6.04 Å². The number of hydrogen-bond acceptors (Lipinski definition) is 5. The van der Waals surface area contributed by atoms with Gasteiger partial charge in [-0.1, -0.05) is 12.1 Å². The molecule has 0 amide bonds. The number of ether oxygens (including phenoxy) is 1. The van der Waals surface area contributed by atoms with Crippen LogP contribution in [-0.2, 0) is 11.3 Å². The fraction of sp³-hybridized carbons (Fsp3) is 0.750. The highest BCUT2D eigenvalue weighted by atomic mass is 16.5. The minimum absolute atomic E-state index is 0.215. The summed E-state index contributed by atoms with van der Waals surface area (Å²) in [5.74, 6) is 1.01. The van der Waals surface area contributed by atoms with Gasteiger partial charge < -0.3 is 15.0 Å². The molecule has 0 radical (unpaired) electrons. The standard InChI is InChI=1S/C8H15N3O2/c1-3-4-12-5-7-10-8(6(2)9)13-11-7/h6H,3-5,9H2,1-2H3. The van der Waals surface area contributed by atoms with Gasteiger partial charge >= 0.3 is 0 Å². The summed E-state index contributed by atoms with van der Waals surface area (Å²) in [6, 6.07) is -0.215. The average molecular weight is 185 g/mol. The zero-order chi connectivity index (χ0) is 9.68. The van der Waals surface area contributed by atoms with Crippen LogP contribution >= 0.6 is 0 Å². The van der Waals surface area contributed by atoms with Crippen molar-refractivity contribution in [1.82, 2.24) is 10.1 Å². The molecule has 1 unspecified atom stereocenters. The van der Waals surface area contributed by atoms with Crippen molar-refractivity contribution in [2.45, 2.75) is 32.9 Å². The lowest BCUT2D eigenvalue weighted by atomic mass is 10.4. The fourth-order valence-electron chi connectivity index (χ4n) is 0.819. The van der Waals surface area contributed by atoms with Crippen LogP contribution in [0.2, 0.25) is 0 Å². The normalized spacial score (nSPS) is 13.2. The molecule has 0 aliphatic rings. The lowest BCUT2D eigenvalue weighted by Crippen LogP contribution is -2.05. The van der Waals surface area contributed by atoms with Crippen LogP contribution in [-0.4, -0.2) is 16.7 Å². The SMILES string of the molecule is CCCOCc1noc(C(C)N)n1. The van der Waals surface area contributed by atoms with E-state index < -0.39 is 0 Å². The lowest BCUT2D eigenvalue weighted by molar-refractivity contribution is 0.114. The van der Waals surface area contributed by atoms with Crippen LogP contribution in [0.4, 0.5) is 0 Å². The second kappa shape index (κ2) is 4.94. The maximum Gasteiger partial charge on any atom is 0.243 e. The highest BCUT2D eigenvalue weighted by Crippen LogP contribution is 2.06. The monoisotopic (exact) mass is 185 g/mol. The summed E-state index contributed by atoms with van der Waals surface area (Å²) in [6.45, 7) is 4.94. The summed E-state index contributed by atoms with van der Waals surface area (Å²) in [6.07, 6.45) is 0.984. The molecule has 0 aliphatic heterocycles. The first kappa shape index (κ1) is 10.1. The molecule has 0 spiro atoms. The van der Waals surface area contributed by atoms with E-state index >= 15 is 0 Å². The van der Waals surface area contributed by atoms with Gasteiger partial charge in [-0.3, -0.25) is 0 Å². The van der Waals surface area contributed by atoms with Crippen LogP contribution in [0.1, 0.15) is 38.0 Å². The number of rotatable bonds is 5. The largest absolute Gasteiger partial charge is 0.373 e. The van der Waals surface area contributed by atoms with Crippen LogP contribution in [0.25, 0.3) is 0 Å². The van der Waals surface area contributed by atoms with E-state index in [1.54, 1.807) is 6.92 Å². The average Bonchev–Trinajstić information content (AvgIpc) is 2.53. The fourth-order valence-corrected chi connectivity index (χ4v) is 0.819. The highest BCUT2D eigenvalue weighted by molar-refractivity contribution is 4.88. The molecule has 0 aliphatic carbocycles. The molecule has 0 saturated heterocycles. The Kier molecular flexibility index (Phi) is 3.85. The summed E-state index contributed by atoms with van der Waals surface area (Å²) in [7, 11) is 0. The van der Waals surface area contributed by atoms with Crippen molar-refractivity contribution in [1.29, 1.82) is 0 Å². The van der Waals surface area contributed by atoms with Gasteiger partial charge in [-0.15, -0.1) is 0 Å². The van der Waals surface area contributed by atoms with E-state index in [0.717, 1.165) is 6.42 Å². The second-order valence-electron chi connectivity index (χ2n) is 2.89. The molecule has 5 nitrogen and oxygen atoms in total. The number of nitrogens with zero attached hydrogens (tertiary/aromatic N) is 2. The summed E-state index contributed by atoms with van der Waals surface area (Å²) < 4.78 is 10.1. The number of aromatic nitrogens is 2. The van der Waals surface area contributed by atoms with Crippen molar-refractivity contribution in [3.63, 3.8) is 0 Å². The van der Waals surface area contributed by atoms with E-state index in [1.807, 2.05) is 6.92 Å². The molecule has 1 atom stereocenters. The Labute approximate surface area is 77.3 Å². The molecule has 74 valence electrons. The van der Waals surface area contributed by atoms with Gasteiger partial charge in [-0.25, -0.2) is 0 Å². The second-order valence-corrected chi connectivity index (χ2v) is 2.89. The van der Waals surface area contributed by atoms with Crippen LogP contribution in [0, 0.1) is 0 Å². The van der Waals surface area contributed by atoms with Crippen LogP contribution in [0.3, 0.4) is 0 Å². The molecule has 5 heteroatoms. The van der Waals surface area contributed by atoms with Crippen molar-refractivity contribution in [2.75, 3.05) is 6.61 Å². The lowest BCUT2D eigenvalue weighted by Gasteiger charge is -1.96. The van der Waals surface area contributed by atoms with Crippen molar-refractivity contribution in [3.05, 3.63) is 11.7 Å². The molecule has 0 aromatic carbocycles. The zero-order valence-electron chi connectivity index (χ0n) is 7.99. The molecule has 2 N–H and O–H groups in total. The molecule has 0 fully saturated rings. The minimum atomic E-state index is -0.215. The predicted octanol–water partition coefficient (Wildman–Crippen LogP) is 1.02. The molecular formula is C8H15N3O2. The predicted molar refractivity (Wildman–Crippen MR) is 46.8 cm³/mol. The summed E-state index contributed by atoms with van der Waals surface area (Å²) in [4.78, 5) is 4.05. The first-order chi connectivity index (χ1) is 6.24. The van der Waals surface area contributed by atoms with Gasteiger partial charge in [0, 0.05) is 6.61 Å². The zero-order valence-corrected chi connectivity index (χ0v) is 7.99. The number of nitrogens with two attached hydrogens (primary N) is 1. The summed E-state index contributed by atoms with van der Waals surface area (Å²) >= 11 is 0. The maximum atomic E-state index is 5.54. The highest BCUT2D eigenvalue weighted by Gasteiger charge is 2.09. The maximum absolute atomic E-state index is 5.54. The third-order valence-electron chi connectivity index (χ3n) is 1.45. The van der Waals surface area contributed by atoms with Crippen LogP contribution < -0.4 is 5.73 Å². The van der Waals surface area contributed by atoms with Gasteiger partial charge in [-0.2, -0.15) is 4.98 Å². The molecule has 1 aromatic heterocycles. The summed E-state index contributed by atoms with van der Waals surface area (Å²) in [5, 5.41) is 3.72. The smallest absolute Gasteiger partial charge is 0.243 e. The van der Waals surface area contributed by atoms with E-state index in [-0.39, 0.29) is 6.04 Å². The Morgan fingerprint density at radius 1 is 1.62 bits per heavy atom. The van der Waals surface area contributed by atoms with E-state index in [0.29, 0.717) is 24.9 Å². The van der Waals surface area contributed by atoms with E-state index in [9.17, 15) is 0 Å². The molecule has 1 rings (SSSR count). The Hall–Kier alpha value is -0.940. The summed E-state index contributed by atoms with van der Waals surface area (Å²) in [5.41, 5.74) is 5.54. The van der Waals surface area contributed by atoms with Crippen LogP contribution in [0.15, 0.2) is 4.52 Å². The quantitative estimate of drug-likeness (QED) is 0.693. The third kappa shape index (κ3) is 3.12. The molecule has 0 saturated carbocycles. The molecule has 1 heterocycles. The van der Waals surface area contributed by atoms with Gasteiger partial charge in [-0.05, 0) is 13.3 Å². The van der Waals surface area contributed by atoms with Crippen molar-refractivity contribution in [2.24, 2.45) is 5.73 Å². The van der Waals surface area contributed by atoms with Gasteiger partial charge in [0.25, 0.3) is 0 Å². The molecule has 1 aromatic rings. The Morgan fingerprint density at radius 2 is 2.38 bits per heavy atom. The first-order valence-corrected chi connectivity index (χ1v) is 4.39. The Morgan fingerprint density at radius 3 is 2.92 bits per heavy atom. The van der Waals surface area contributed by atoms with Crippen molar-refractivity contribution in [3.8, 4) is 0 Å². The van der Waals surface area contributed by atoms with Crippen LogP contribution in [0.5, 0.6) is 0 Å². The molecule has 13 heavy (non-hydrogen) atoms. The van der Waals surface area contributed by atoms with Gasteiger partial charge in [0.1, 0.15) is 6.61 Å².